The van der Waals surface area contributed by atoms with Gasteiger partial charge in [-0.15, -0.1) is 5.10 Å². The summed E-state index contributed by atoms with van der Waals surface area (Å²) >= 11 is 0. The summed E-state index contributed by atoms with van der Waals surface area (Å²) in [5, 5.41) is 10.9. The lowest BCUT2D eigenvalue weighted by atomic mass is 9.92. The average molecular weight is 505 g/mol. The number of aromatic nitrogens is 5. The van der Waals surface area contributed by atoms with Crippen LogP contribution in [0.1, 0.15) is 31.3 Å². The van der Waals surface area contributed by atoms with Gasteiger partial charge >= 0.3 is 18.4 Å². The van der Waals surface area contributed by atoms with Gasteiger partial charge in [-0.2, -0.15) is 36.3 Å². The molecular weight excluding hydrogens is 484 g/mol. The summed E-state index contributed by atoms with van der Waals surface area (Å²) in [6.45, 7) is 3.66. The quantitative estimate of drug-likeness (QED) is 0.519. The lowest BCUT2D eigenvalue weighted by Gasteiger charge is -2.37. The summed E-state index contributed by atoms with van der Waals surface area (Å²) < 4.78 is 90.3. The van der Waals surface area contributed by atoms with Crippen molar-refractivity contribution >= 4 is 17.6 Å². The van der Waals surface area contributed by atoms with Crippen LogP contribution in [0.2, 0.25) is 0 Å². The lowest BCUT2D eigenvalue weighted by Crippen LogP contribution is -2.48. The number of anilines is 2. The second-order valence-corrected chi connectivity index (χ2v) is 8.85. The molecule has 0 spiro atoms. The van der Waals surface area contributed by atoms with Gasteiger partial charge < -0.3 is 19.5 Å². The molecule has 1 saturated carbocycles. The SMILES string of the molecule is Cc1noc(N2C[C@H]3CC[C@@H](C2)C3Nc2nc3c(O[C@@H](C)C(F)(F)F)ccc(C(F)(F)F)n3n2)n1. The molecule has 1 aliphatic heterocycles. The van der Waals surface area contributed by atoms with E-state index in [9.17, 15) is 26.3 Å². The number of fused-ring (bicyclic) bond motifs is 3. The largest absolute Gasteiger partial charge is 0.477 e. The van der Waals surface area contributed by atoms with Crippen molar-refractivity contribution in [1.29, 1.82) is 0 Å². The zero-order valence-electron chi connectivity index (χ0n) is 18.6. The first-order valence-electron chi connectivity index (χ1n) is 10.9. The molecule has 0 aromatic carbocycles. The zero-order valence-corrected chi connectivity index (χ0v) is 18.6. The Balaban J connectivity index is 1.42. The molecular formula is C20H21F6N7O2. The molecule has 4 heterocycles. The number of halogens is 6. The Kier molecular flexibility index (Phi) is 5.47. The van der Waals surface area contributed by atoms with Crippen molar-refractivity contribution in [2.45, 2.75) is 51.2 Å². The van der Waals surface area contributed by atoms with Crippen LogP contribution < -0.4 is 15.0 Å². The maximum absolute atomic E-state index is 13.6. The molecule has 0 radical (unpaired) electrons. The molecule has 5 rings (SSSR count). The topological polar surface area (TPSA) is 93.6 Å². The molecule has 1 unspecified atom stereocenters. The van der Waals surface area contributed by atoms with Crippen LogP contribution in [0.25, 0.3) is 5.65 Å². The van der Waals surface area contributed by atoms with Crippen molar-refractivity contribution in [3.8, 4) is 5.75 Å². The Labute approximate surface area is 194 Å². The molecule has 1 aliphatic carbocycles. The minimum Gasteiger partial charge on any atom is -0.477 e. The summed E-state index contributed by atoms with van der Waals surface area (Å²) in [5.74, 6) is 0.161. The number of rotatable bonds is 5. The van der Waals surface area contributed by atoms with Crippen LogP contribution in [-0.2, 0) is 6.18 Å². The molecule has 4 atom stereocenters. The number of nitrogens with one attached hydrogen (secondary N) is 1. The van der Waals surface area contributed by atoms with Crippen LogP contribution in [0.15, 0.2) is 16.7 Å². The van der Waals surface area contributed by atoms with E-state index in [1.165, 1.54) is 0 Å². The summed E-state index contributed by atoms with van der Waals surface area (Å²) in [5.41, 5.74) is -1.63. The number of hydrogen-bond acceptors (Lipinski definition) is 8. The molecule has 3 aromatic rings. The van der Waals surface area contributed by atoms with E-state index in [0.717, 1.165) is 25.8 Å². The number of ether oxygens (including phenoxy) is 1. The Morgan fingerprint density at radius 1 is 1.09 bits per heavy atom. The summed E-state index contributed by atoms with van der Waals surface area (Å²) in [6.07, 6.45) is -10.0. The van der Waals surface area contributed by atoms with E-state index >= 15 is 0 Å². The molecule has 1 saturated heterocycles. The smallest absolute Gasteiger partial charge is 0.433 e. The molecule has 35 heavy (non-hydrogen) atoms. The number of nitrogens with zero attached hydrogens (tertiary/aromatic N) is 6. The van der Waals surface area contributed by atoms with E-state index in [4.69, 9.17) is 9.26 Å². The van der Waals surface area contributed by atoms with Crippen molar-refractivity contribution < 1.29 is 35.6 Å². The molecule has 0 amide bonds. The van der Waals surface area contributed by atoms with Gasteiger partial charge in [0.25, 0.3) is 0 Å². The van der Waals surface area contributed by atoms with Crippen LogP contribution in [0.5, 0.6) is 5.75 Å². The molecule has 15 heteroatoms. The fourth-order valence-electron chi connectivity index (χ4n) is 4.74. The van der Waals surface area contributed by atoms with E-state index in [1.807, 2.05) is 4.90 Å². The summed E-state index contributed by atoms with van der Waals surface area (Å²) in [7, 11) is 0. The highest BCUT2D eigenvalue weighted by molar-refractivity contribution is 5.57. The lowest BCUT2D eigenvalue weighted by molar-refractivity contribution is -0.189. The van der Waals surface area contributed by atoms with Gasteiger partial charge in [0, 0.05) is 19.1 Å². The van der Waals surface area contributed by atoms with Crippen molar-refractivity contribution in [1.82, 2.24) is 24.7 Å². The molecule has 3 aromatic heterocycles. The first-order valence-corrected chi connectivity index (χ1v) is 10.9. The third-order valence-electron chi connectivity index (χ3n) is 6.42. The van der Waals surface area contributed by atoms with Crippen LogP contribution >= 0.6 is 0 Å². The highest BCUT2D eigenvalue weighted by Gasteiger charge is 2.44. The maximum atomic E-state index is 13.6. The van der Waals surface area contributed by atoms with Gasteiger partial charge in [0.15, 0.2) is 23.3 Å². The van der Waals surface area contributed by atoms with E-state index in [1.54, 1.807) is 6.92 Å². The highest BCUT2D eigenvalue weighted by atomic mass is 19.4. The number of piperidine rings is 1. The molecule has 190 valence electrons. The van der Waals surface area contributed by atoms with Gasteiger partial charge in [0.1, 0.15) is 5.69 Å². The maximum Gasteiger partial charge on any atom is 0.433 e. The number of hydrogen-bond donors (Lipinski definition) is 1. The van der Waals surface area contributed by atoms with Gasteiger partial charge in [0.2, 0.25) is 5.95 Å². The summed E-state index contributed by atoms with van der Waals surface area (Å²) in [6, 6.07) is 1.73. The number of pyridine rings is 1. The Morgan fingerprint density at radius 2 is 1.77 bits per heavy atom. The van der Waals surface area contributed by atoms with Gasteiger partial charge in [-0.1, -0.05) is 5.16 Å². The monoisotopic (exact) mass is 505 g/mol. The minimum atomic E-state index is -4.80. The number of aryl methyl sites for hydroxylation is 1. The van der Waals surface area contributed by atoms with Gasteiger partial charge in [-0.3, -0.25) is 0 Å². The van der Waals surface area contributed by atoms with E-state index < -0.39 is 35.5 Å². The van der Waals surface area contributed by atoms with Gasteiger partial charge in [-0.05, 0) is 50.7 Å². The van der Waals surface area contributed by atoms with E-state index in [-0.39, 0.29) is 23.8 Å². The first-order chi connectivity index (χ1) is 16.4. The van der Waals surface area contributed by atoms with Crippen molar-refractivity contribution in [3.05, 3.63) is 23.7 Å². The highest BCUT2D eigenvalue weighted by Crippen LogP contribution is 2.40. The predicted molar refractivity (Wildman–Crippen MR) is 109 cm³/mol. The average Bonchev–Trinajstić information content (AvgIpc) is 3.43. The predicted octanol–water partition coefficient (Wildman–Crippen LogP) is 4.10. The second kappa shape index (κ2) is 8.16. The van der Waals surface area contributed by atoms with Crippen LogP contribution in [-0.4, -0.2) is 56.2 Å². The molecule has 2 aliphatic rings. The van der Waals surface area contributed by atoms with Crippen molar-refractivity contribution in [2.24, 2.45) is 11.8 Å². The van der Waals surface area contributed by atoms with Gasteiger partial charge in [-0.25, -0.2) is 4.52 Å². The van der Waals surface area contributed by atoms with Gasteiger partial charge in [0.05, 0.1) is 0 Å². The van der Waals surface area contributed by atoms with Crippen LogP contribution in [0.3, 0.4) is 0 Å². The Hall–Kier alpha value is -3.26. The normalized spacial score (nSPS) is 23.7. The Bertz CT molecular complexity index is 1210. The molecule has 2 bridgehead atoms. The van der Waals surface area contributed by atoms with Crippen LogP contribution in [0, 0.1) is 18.8 Å². The third kappa shape index (κ3) is 4.43. The third-order valence-corrected chi connectivity index (χ3v) is 6.42. The Morgan fingerprint density at radius 3 is 2.34 bits per heavy atom. The van der Waals surface area contributed by atoms with E-state index in [2.05, 4.69) is 25.5 Å². The van der Waals surface area contributed by atoms with Crippen LogP contribution in [0.4, 0.5) is 38.3 Å². The molecule has 1 N–H and O–H groups in total. The number of alkyl halides is 6. The van der Waals surface area contributed by atoms with E-state index in [0.29, 0.717) is 35.5 Å². The summed E-state index contributed by atoms with van der Waals surface area (Å²) in [4.78, 5) is 10.3. The zero-order chi connectivity index (χ0) is 25.1. The fourth-order valence-corrected chi connectivity index (χ4v) is 4.74. The first kappa shape index (κ1) is 23.5. The standard InChI is InChI=1S/C20H21F6N7O2/c1-9(19(21,22)23)34-13-5-6-14(20(24,25)26)33-16(13)29-17(30-33)28-15-11-3-4-12(15)8-32(7-11)18-27-10(2)31-35-18/h5-6,9,11-12,15H,3-4,7-8H2,1-2H3,(H,28,30)/t9-,11-,12+,15?/m0/s1. The van der Waals surface area contributed by atoms with Crippen molar-refractivity contribution in [2.75, 3.05) is 23.3 Å². The molecule has 2 fully saturated rings. The molecule has 9 nitrogen and oxygen atoms in total. The fraction of sp³-hybridized carbons (Fsp3) is 0.600. The minimum absolute atomic E-state index is 0.107. The van der Waals surface area contributed by atoms with Crippen molar-refractivity contribution in [3.63, 3.8) is 0 Å². The second-order valence-electron chi connectivity index (χ2n) is 8.85.